The predicted molar refractivity (Wildman–Crippen MR) is 82.2 cm³/mol. The Morgan fingerprint density at radius 2 is 1.87 bits per heavy atom. The highest BCUT2D eigenvalue weighted by Crippen LogP contribution is 2.10. The number of rotatable bonds is 6. The Morgan fingerprint density at radius 1 is 1.13 bits per heavy atom. The van der Waals surface area contributed by atoms with Crippen molar-refractivity contribution in [1.29, 1.82) is 0 Å². The zero-order valence-corrected chi connectivity index (χ0v) is 12.5. The van der Waals surface area contributed by atoms with Gasteiger partial charge in [-0.3, -0.25) is 9.59 Å². The smallest absolute Gasteiger partial charge is 0.340 e. The summed E-state index contributed by atoms with van der Waals surface area (Å²) in [4.78, 5) is 36.6. The molecule has 23 heavy (non-hydrogen) atoms. The Labute approximate surface area is 132 Å². The molecule has 0 aliphatic carbocycles. The SMILES string of the molecule is COc1ccc(CNC(=O)COC(=O)c2ccc(=O)[nH]c2)cc1. The number of nitrogens with one attached hydrogen (secondary N) is 2. The van der Waals surface area contributed by atoms with Crippen molar-refractivity contribution in [3.8, 4) is 5.75 Å². The van der Waals surface area contributed by atoms with Crippen LogP contribution < -0.4 is 15.6 Å². The van der Waals surface area contributed by atoms with Crippen molar-refractivity contribution in [1.82, 2.24) is 10.3 Å². The van der Waals surface area contributed by atoms with Gasteiger partial charge in [0.05, 0.1) is 12.7 Å². The van der Waals surface area contributed by atoms with Crippen LogP contribution in [0.2, 0.25) is 0 Å². The number of esters is 1. The lowest BCUT2D eigenvalue weighted by Gasteiger charge is -2.07. The van der Waals surface area contributed by atoms with Crippen LogP contribution >= 0.6 is 0 Å². The molecule has 1 heterocycles. The minimum atomic E-state index is -0.680. The second-order valence-electron chi connectivity index (χ2n) is 4.64. The molecule has 0 aliphatic heterocycles. The summed E-state index contributed by atoms with van der Waals surface area (Å²) in [6.45, 7) is -0.0762. The maximum absolute atomic E-state index is 11.7. The van der Waals surface area contributed by atoms with Gasteiger partial charge in [0.15, 0.2) is 6.61 Å². The average Bonchev–Trinajstić information content (AvgIpc) is 2.59. The molecule has 1 amide bonds. The quantitative estimate of drug-likeness (QED) is 0.770. The van der Waals surface area contributed by atoms with Crippen LogP contribution in [0.5, 0.6) is 5.75 Å². The van der Waals surface area contributed by atoms with Gasteiger partial charge < -0.3 is 19.8 Å². The molecule has 0 spiro atoms. The Bertz CT molecular complexity index is 716. The summed E-state index contributed by atoms with van der Waals surface area (Å²) in [5.41, 5.74) is 0.748. The van der Waals surface area contributed by atoms with Gasteiger partial charge in [0.1, 0.15) is 5.75 Å². The van der Waals surface area contributed by atoms with Crippen LogP contribution in [0.4, 0.5) is 0 Å². The van der Waals surface area contributed by atoms with Crippen LogP contribution in [0.25, 0.3) is 0 Å². The van der Waals surface area contributed by atoms with E-state index in [1.807, 2.05) is 12.1 Å². The van der Waals surface area contributed by atoms with Crippen molar-refractivity contribution in [2.24, 2.45) is 0 Å². The molecule has 0 radical (unpaired) electrons. The molecule has 2 N–H and O–H groups in total. The topological polar surface area (TPSA) is 97.5 Å². The van der Waals surface area contributed by atoms with E-state index in [2.05, 4.69) is 10.3 Å². The van der Waals surface area contributed by atoms with E-state index in [-0.39, 0.29) is 11.1 Å². The highest BCUT2D eigenvalue weighted by Gasteiger charge is 2.10. The average molecular weight is 316 g/mol. The normalized spacial score (nSPS) is 9.96. The van der Waals surface area contributed by atoms with Crippen molar-refractivity contribution >= 4 is 11.9 Å². The molecule has 0 saturated carbocycles. The van der Waals surface area contributed by atoms with Gasteiger partial charge in [0.2, 0.25) is 5.56 Å². The molecule has 120 valence electrons. The summed E-state index contributed by atoms with van der Waals surface area (Å²) < 4.78 is 9.90. The lowest BCUT2D eigenvalue weighted by molar-refractivity contribution is -0.124. The molecule has 0 bridgehead atoms. The number of hydrogen-bond acceptors (Lipinski definition) is 5. The molecule has 0 aliphatic rings. The van der Waals surface area contributed by atoms with Crippen LogP contribution in [0.1, 0.15) is 15.9 Å². The number of H-pyrrole nitrogens is 1. The van der Waals surface area contributed by atoms with Gasteiger partial charge in [-0.2, -0.15) is 0 Å². The van der Waals surface area contributed by atoms with Crippen molar-refractivity contribution in [2.75, 3.05) is 13.7 Å². The number of methoxy groups -OCH3 is 1. The minimum absolute atomic E-state index is 0.174. The maximum atomic E-state index is 11.7. The molecule has 0 fully saturated rings. The number of pyridine rings is 1. The number of hydrogen-bond donors (Lipinski definition) is 2. The lowest BCUT2D eigenvalue weighted by atomic mass is 10.2. The summed E-state index contributed by atoms with van der Waals surface area (Å²) in [5.74, 6) is -0.366. The molecular weight excluding hydrogens is 300 g/mol. The second-order valence-corrected chi connectivity index (χ2v) is 4.64. The van der Waals surface area contributed by atoms with Crippen molar-refractivity contribution in [2.45, 2.75) is 6.54 Å². The van der Waals surface area contributed by atoms with Gasteiger partial charge in [0.25, 0.3) is 5.91 Å². The Morgan fingerprint density at radius 3 is 2.48 bits per heavy atom. The van der Waals surface area contributed by atoms with Crippen molar-refractivity contribution in [3.05, 3.63) is 64.1 Å². The fourth-order valence-electron chi connectivity index (χ4n) is 1.75. The maximum Gasteiger partial charge on any atom is 0.340 e. The van der Waals surface area contributed by atoms with E-state index in [9.17, 15) is 14.4 Å². The fourth-order valence-corrected chi connectivity index (χ4v) is 1.75. The molecule has 0 saturated heterocycles. The minimum Gasteiger partial charge on any atom is -0.497 e. The number of benzene rings is 1. The summed E-state index contributed by atoms with van der Waals surface area (Å²) in [5, 5.41) is 2.64. The van der Waals surface area contributed by atoms with E-state index in [1.54, 1.807) is 19.2 Å². The second kappa shape index (κ2) is 7.79. The third-order valence-electron chi connectivity index (χ3n) is 3.00. The van der Waals surface area contributed by atoms with Crippen molar-refractivity contribution in [3.63, 3.8) is 0 Å². The summed E-state index contributed by atoms with van der Waals surface area (Å²) >= 11 is 0. The molecule has 1 aromatic heterocycles. The predicted octanol–water partition coefficient (Wildman–Crippen LogP) is 0.857. The van der Waals surface area contributed by atoms with E-state index in [0.717, 1.165) is 11.3 Å². The molecule has 7 nitrogen and oxygen atoms in total. The van der Waals surface area contributed by atoms with Crippen LogP contribution in [-0.2, 0) is 16.1 Å². The highest BCUT2D eigenvalue weighted by molar-refractivity contribution is 5.90. The Hall–Kier alpha value is -3.09. The van der Waals surface area contributed by atoms with Crippen LogP contribution in [0.15, 0.2) is 47.4 Å². The number of carbonyl (C=O) groups is 2. The zero-order chi connectivity index (χ0) is 16.7. The summed E-state index contributed by atoms with van der Waals surface area (Å²) in [6.07, 6.45) is 1.24. The molecule has 7 heteroatoms. The van der Waals surface area contributed by atoms with Crippen LogP contribution in [-0.4, -0.2) is 30.6 Å². The summed E-state index contributed by atoms with van der Waals surface area (Å²) in [6, 6.07) is 9.77. The largest absolute Gasteiger partial charge is 0.497 e. The van der Waals surface area contributed by atoms with E-state index < -0.39 is 18.5 Å². The first kappa shape index (κ1) is 16.3. The number of ether oxygens (including phenoxy) is 2. The third-order valence-corrected chi connectivity index (χ3v) is 3.00. The van der Waals surface area contributed by atoms with Crippen molar-refractivity contribution < 1.29 is 19.1 Å². The lowest BCUT2D eigenvalue weighted by Crippen LogP contribution is -2.28. The molecular formula is C16H16N2O5. The van der Waals surface area contributed by atoms with Gasteiger partial charge in [0, 0.05) is 18.8 Å². The fraction of sp³-hybridized carbons (Fsp3) is 0.188. The number of aromatic nitrogens is 1. The van der Waals surface area contributed by atoms with Crippen LogP contribution in [0, 0.1) is 0 Å². The molecule has 2 aromatic rings. The monoisotopic (exact) mass is 316 g/mol. The molecule has 2 rings (SSSR count). The first-order valence-corrected chi connectivity index (χ1v) is 6.84. The third kappa shape index (κ3) is 4.99. The van der Waals surface area contributed by atoms with Gasteiger partial charge >= 0.3 is 5.97 Å². The number of aromatic amines is 1. The van der Waals surface area contributed by atoms with Gasteiger partial charge in [-0.05, 0) is 23.8 Å². The van der Waals surface area contributed by atoms with Crippen LogP contribution in [0.3, 0.4) is 0 Å². The molecule has 0 unspecified atom stereocenters. The first-order valence-electron chi connectivity index (χ1n) is 6.84. The van der Waals surface area contributed by atoms with E-state index in [0.29, 0.717) is 6.54 Å². The molecule has 0 atom stereocenters. The van der Waals surface area contributed by atoms with Gasteiger partial charge in [-0.15, -0.1) is 0 Å². The highest BCUT2D eigenvalue weighted by atomic mass is 16.5. The number of amides is 1. The summed E-state index contributed by atoms with van der Waals surface area (Å²) in [7, 11) is 1.58. The standard InChI is InChI=1S/C16H16N2O5/c1-22-13-5-2-11(3-6-13)8-17-15(20)10-23-16(21)12-4-7-14(19)18-9-12/h2-7,9H,8,10H2,1H3,(H,17,20)(H,18,19). The Kier molecular flexibility index (Phi) is 5.51. The van der Waals surface area contributed by atoms with E-state index in [4.69, 9.17) is 9.47 Å². The van der Waals surface area contributed by atoms with E-state index in [1.165, 1.54) is 18.3 Å². The first-order chi connectivity index (χ1) is 11.1. The van der Waals surface area contributed by atoms with E-state index >= 15 is 0 Å². The van der Waals surface area contributed by atoms with Gasteiger partial charge in [-0.1, -0.05) is 12.1 Å². The molecule has 1 aromatic carbocycles. The van der Waals surface area contributed by atoms with Gasteiger partial charge in [-0.25, -0.2) is 4.79 Å². The Balaban J connectivity index is 1.77. The zero-order valence-electron chi connectivity index (χ0n) is 12.5. The number of carbonyl (C=O) groups excluding carboxylic acids is 2.